The molecule has 0 bridgehead atoms. The van der Waals surface area contributed by atoms with Gasteiger partial charge in [-0.15, -0.1) is 0 Å². The number of hydrogen-bond acceptors (Lipinski definition) is 5. The van der Waals surface area contributed by atoms with Crippen molar-refractivity contribution in [2.45, 2.75) is 64.2 Å². The molecule has 1 saturated heterocycles. The molecule has 24 heavy (non-hydrogen) atoms. The van der Waals surface area contributed by atoms with Gasteiger partial charge in [0, 0.05) is 33.8 Å². The van der Waals surface area contributed by atoms with Gasteiger partial charge in [0.2, 0.25) is 0 Å². The summed E-state index contributed by atoms with van der Waals surface area (Å²) in [6.07, 6.45) is 10.2. The topological polar surface area (TPSA) is 43.3 Å². The van der Waals surface area contributed by atoms with Crippen LogP contribution in [0.25, 0.3) is 0 Å². The van der Waals surface area contributed by atoms with Crippen molar-refractivity contribution in [1.82, 2.24) is 5.01 Å². The highest BCUT2D eigenvalue weighted by Crippen LogP contribution is 2.28. The molecule has 1 fully saturated rings. The van der Waals surface area contributed by atoms with Crippen LogP contribution in [0.15, 0.2) is 16.8 Å². The molecular weight excluding hydrogens is 304 g/mol. The number of hydrazone groups is 1. The first-order chi connectivity index (χ1) is 11.7. The van der Waals surface area contributed by atoms with Gasteiger partial charge in [-0.2, -0.15) is 5.10 Å². The summed E-state index contributed by atoms with van der Waals surface area (Å²) >= 11 is 0. The monoisotopic (exact) mass is 338 g/mol. The minimum atomic E-state index is -0.0871. The van der Waals surface area contributed by atoms with Crippen LogP contribution in [0.4, 0.5) is 0 Å². The van der Waals surface area contributed by atoms with Gasteiger partial charge in [0.05, 0.1) is 18.4 Å². The molecule has 0 N–H and O–H groups in total. The molecule has 0 amide bonds. The van der Waals surface area contributed by atoms with Gasteiger partial charge in [0.25, 0.3) is 0 Å². The molecule has 2 rings (SSSR count). The van der Waals surface area contributed by atoms with Crippen LogP contribution in [-0.2, 0) is 14.2 Å². The molecule has 1 heterocycles. The van der Waals surface area contributed by atoms with E-state index in [9.17, 15) is 0 Å². The number of methoxy groups -OCH3 is 3. The van der Waals surface area contributed by atoms with Gasteiger partial charge in [-0.25, -0.2) is 0 Å². The van der Waals surface area contributed by atoms with Crippen LogP contribution in [0.2, 0.25) is 0 Å². The normalized spacial score (nSPS) is 26.5. The van der Waals surface area contributed by atoms with Crippen molar-refractivity contribution in [3.63, 3.8) is 0 Å². The molecule has 0 saturated carbocycles. The van der Waals surface area contributed by atoms with Gasteiger partial charge in [-0.3, -0.25) is 5.01 Å². The van der Waals surface area contributed by atoms with Crippen molar-refractivity contribution in [3.8, 4) is 0 Å². The largest absolute Gasteiger partial charge is 0.382 e. The van der Waals surface area contributed by atoms with Crippen molar-refractivity contribution in [1.29, 1.82) is 0 Å². The fourth-order valence-corrected chi connectivity index (χ4v) is 3.72. The van der Waals surface area contributed by atoms with Gasteiger partial charge < -0.3 is 14.2 Å². The van der Waals surface area contributed by atoms with E-state index in [0.29, 0.717) is 12.0 Å². The van der Waals surface area contributed by atoms with Crippen LogP contribution in [0.1, 0.15) is 51.9 Å². The number of hydrogen-bond donors (Lipinski definition) is 0. The van der Waals surface area contributed by atoms with E-state index in [2.05, 4.69) is 18.0 Å². The van der Waals surface area contributed by atoms with Crippen molar-refractivity contribution >= 4 is 5.71 Å². The van der Waals surface area contributed by atoms with E-state index in [1.165, 1.54) is 37.0 Å². The highest BCUT2D eigenvalue weighted by atomic mass is 16.7. The maximum atomic E-state index is 5.35. The quantitative estimate of drug-likeness (QED) is 0.603. The van der Waals surface area contributed by atoms with Crippen LogP contribution in [0, 0.1) is 5.92 Å². The molecule has 0 spiro atoms. The zero-order valence-electron chi connectivity index (χ0n) is 15.8. The third-order valence-corrected chi connectivity index (χ3v) is 5.17. The van der Waals surface area contributed by atoms with Gasteiger partial charge in [-0.05, 0) is 57.9 Å². The first kappa shape index (κ1) is 19.4. The number of nitrogens with zero attached hydrogens (tertiary/aromatic N) is 2. The third kappa shape index (κ3) is 5.57. The summed E-state index contributed by atoms with van der Waals surface area (Å²) in [5, 5.41) is 7.29. The van der Waals surface area contributed by atoms with E-state index in [-0.39, 0.29) is 6.29 Å². The maximum Gasteiger partial charge on any atom is 0.156 e. The Morgan fingerprint density at radius 1 is 1.25 bits per heavy atom. The second kappa shape index (κ2) is 10.2. The minimum Gasteiger partial charge on any atom is -0.382 e. The van der Waals surface area contributed by atoms with E-state index >= 15 is 0 Å². The first-order valence-electron chi connectivity index (χ1n) is 9.24. The summed E-state index contributed by atoms with van der Waals surface area (Å²) < 4.78 is 15.9. The summed E-state index contributed by atoms with van der Waals surface area (Å²) in [6.45, 7) is 4.04. The van der Waals surface area contributed by atoms with Crippen molar-refractivity contribution in [3.05, 3.63) is 11.6 Å². The SMILES string of the molecule is COC[C@@H]1CCCN1/N=C1\C=C(C)CC[C@H]1CCCC(OC)OC. The predicted molar refractivity (Wildman–Crippen MR) is 97.2 cm³/mol. The molecule has 1 aliphatic heterocycles. The fourth-order valence-electron chi connectivity index (χ4n) is 3.72. The maximum absolute atomic E-state index is 5.35. The van der Waals surface area contributed by atoms with E-state index in [1.54, 1.807) is 21.3 Å². The second-order valence-electron chi connectivity index (χ2n) is 7.00. The average molecular weight is 338 g/mol. The summed E-state index contributed by atoms with van der Waals surface area (Å²) in [5.74, 6) is 0.548. The minimum absolute atomic E-state index is 0.0871. The summed E-state index contributed by atoms with van der Waals surface area (Å²) in [7, 11) is 5.19. The second-order valence-corrected chi connectivity index (χ2v) is 7.00. The Bertz CT molecular complexity index is 432. The smallest absolute Gasteiger partial charge is 0.156 e. The number of rotatable bonds is 9. The van der Waals surface area contributed by atoms with E-state index in [4.69, 9.17) is 19.3 Å². The zero-order valence-corrected chi connectivity index (χ0v) is 15.8. The highest BCUT2D eigenvalue weighted by Gasteiger charge is 2.26. The van der Waals surface area contributed by atoms with Gasteiger partial charge in [0.15, 0.2) is 6.29 Å². The Morgan fingerprint density at radius 2 is 2.04 bits per heavy atom. The molecule has 0 aromatic rings. The Kier molecular flexibility index (Phi) is 8.22. The van der Waals surface area contributed by atoms with Gasteiger partial charge in [-0.1, -0.05) is 5.57 Å². The van der Waals surface area contributed by atoms with Crippen LogP contribution < -0.4 is 0 Å². The molecule has 2 atom stereocenters. The molecule has 0 unspecified atom stereocenters. The summed E-state index contributed by atoms with van der Waals surface area (Å²) in [4.78, 5) is 0. The van der Waals surface area contributed by atoms with Crippen LogP contribution in [-0.4, -0.2) is 57.5 Å². The van der Waals surface area contributed by atoms with Gasteiger partial charge >= 0.3 is 0 Å². The molecular formula is C19H34N2O3. The lowest BCUT2D eigenvalue weighted by Gasteiger charge is -2.27. The Balaban J connectivity index is 1.97. The van der Waals surface area contributed by atoms with Crippen molar-refractivity contribution < 1.29 is 14.2 Å². The molecule has 0 aromatic carbocycles. The molecule has 138 valence electrons. The summed E-state index contributed by atoms with van der Waals surface area (Å²) in [6, 6.07) is 0.435. The Hall–Kier alpha value is -0.910. The van der Waals surface area contributed by atoms with E-state index in [0.717, 1.165) is 32.4 Å². The van der Waals surface area contributed by atoms with Crippen LogP contribution in [0.5, 0.6) is 0 Å². The summed E-state index contributed by atoms with van der Waals surface area (Å²) in [5.41, 5.74) is 2.70. The fraction of sp³-hybridized carbons (Fsp3) is 0.842. The molecule has 0 aromatic heterocycles. The lowest BCUT2D eigenvalue weighted by atomic mass is 9.85. The predicted octanol–water partition coefficient (Wildman–Crippen LogP) is 3.60. The molecule has 5 heteroatoms. The van der Waals surface area contributed by atoms with Gasteiger partial charge in [0.1, 0.15) is 0 Å². The van der Waals surface area contributed by atoms with E-state index < -0.39 is 0 Å². The Labute approximate surface area is 147 Å². The third-order valence-electron chi connectivity index (χ3n) is 5.17. The first-order valence-corrected chi connectivity index (χ1v) is 9.24. The molecule has 1 aliphatic carbocycles. The average Bonchev–Trinajstić information content (AvgIpc) is 3.01. The molecule has 0 radical (unpaired) electrons. The van der Waals surface area contributed by atoms with E-state index in [1.807, 2.05) is 0 Å². The standard InChI is InChI=1S/C19H34N2O3/c1-15-10-11-16(7-5-9-19(23-3)24-4)18(13-15)20-21-12-6-8-17(21)14-22-2/h13,16-17,19H,5-12,14H2,1-4H3/b20-18+/t16-,17+/m1/s1. The van der Waals surface area contributed by atoms with Crippen LogP contribution in [0.3, 0.4) is 0 Å². The Morgan fingerprint density at radius 3 is 2.75 bits per heavy atom. The zero-order chi connectivity index (χ0) is 17.4. The lowest BCUT2D eigenvalue weighted by Crippen LogP contribution is -2.31. The number of ether oxygens (including phenoxy) is 3. The lowest BCUT2D eigenvalue weighted by molar-refractivity contribution is -0.107. The van der Waals surface area contributed by atoms with Crippen molar-refractivity contribution in [2.75, 3.05) is 34.5 Å². The van der Waals surface area contributed by atoms with Crippen molar-refractivity contribution in [2.24, 2.45) is 11.0 Å². The molecule has 2 aliphatic rings. The number of allylic oxidation sites excluding steroid dienone is 2. The van der Waals surface area contributed by atoms with Crippen LogP contribution >= 0.6 is 0 Å². The highest BCUT2D eigenvalue weighted by molar-refractivity contribution is 5.98. The molecule has 5 nitrogen and oxygen atoms in total.